The van der Waals surface area contributed by atoms with Crippen molar-refractivity contribution in [1.29, 1.82) is 0 Å². The minimum absolute atomic E-state index is 0.0485. The molecule has 8 nitrogen and oxygen atoms in total. The summed E-state index contributed by atoms with van der Waals surface area (Å²) in [6.45, 7) is 14.3. The van der Waals surface area contributed by atoms with Gasteiger partial charge in [0.15, 0.2) is 0 Å². The SMILES string of the molecule is CC(=O)OC1CC2(C)C(CCC3C4(C)CCC(O)C(C)C4C(OC(=O)C4CCCCC4)C(O)C32C)/C1=C(\CCCC(C)C)C(=O)O. The summed E-state index contributed by atoms with van der Waals surface area (Å²) in [6.07, 6.45) is 7.10. The van der Waals surface area contributed by atoms with Gasteiger partial charge in [-0.15, -0.1) is 0 Å². The molecule has 5 fully saturated rings. The lowest BCUT2D eigenvalue weighted by Crippen LogP contribution is -2.72. The molecule has 8 heteroatoms. The van der Waals surface area contributed by atoms with Gasteiger partial charge in [-0.1, -0.05) is 67.2 Å². The summed E-state index contributed by atoms with van der Waals surface area (Å²) in [4.78, 5) is 39.1. The van der Waals surface area contributed by atoms with Crippen LogP contribution in [0.15, 0.2) is 11.1 Å². The molecular formula is C38H60O8. The van der Waals surface area contributed by atoms with E-state index in [-0.39, 0.29) is 41.0 Å². The van der Waals surface area contributed by atoms with Crippen LogP contribution in [0.4, 0.5) is 0 Å². The van der Waals surface area contributed by atoms with E-state index < -0.39 is 47.2 Å². The van der Waals surface area contributed by atoms with E-state index in [4.69, 9.17) is 9.47 Å². The number of carbonyl (C=O) groups is 3. The van der Waals surface area contributed by atoms with Crippen molar-refractivity contribution in [2.75, 3.05) is 0 Å². The molecule has 11 unspecified atom stereocenters. The minimum atomic E-state index is -1.02. The summed E-state index contributed by atoms with van der Waals surface area (Å²) in [5, 5.41) is 34.4. The van der Waals surface area contributed by atoms with Gasteiger partial charge in [-0.05, 0) is 97.9 Å². The second kappa shape index (κ2) is 13.2. The number of hydrogen-bond acceptors (Lipinski definition) is 7. The van der Waals surface area contributed by atoms with Crippen molar-refractivity contribution in [3.63, 3.8) is 0 Å². The molecule has 5 aliphatic carbocycles. The van der Waals surface area contributed by atoms with E-state index >= 15 is 0 Å². The normalized spacial score (nSPS) is 43.7. The first-order valence-electron chi connectivity index (χ1n) is 18.3. The van der Waals surface area contributed by atoms with Crippen molar-refractivity contribution in [3.05, 3.63) is 11.1 Å². The number of carbonyl (C=O) groups excluding carboxylic acids is 2. The number of carboxylic acids is 1. The molecule has 3 N–H and O–H groups in total. The summed E-state index contributed by atoms with van der Waals surface area (Å²) in [5.74, 6) is -1.86. The first kappa shape index (κ1) is 35.4. The number of fused-ring (bicyclic) bond motifs is 5. The van der Waals surface area contributed by atoms with Gasteiger partial charge < -0.3 is 24.8 Å². The zero-order valence-electron chi connectivity index (χ0n) is 29.3. The molecule has 5 aliphatic rings. The third-order valence-electron chi connectivity index (χ3n) is 14.1. The van der Waals surface area contributed by atoms with E-state index in [1.165, 1.54) is 6.92 Å². The summed E-state index contributed by atoms with van der Waals surface area (Å²) >= 11 is 0. The molecule has 0 spiro atoms. The molecule has 46 heavy (non-hydrogen) atoms. The van der Waals surface area contributed by atoms with E-state index in [0.29, 0.717) is 30.8 Å². The molecule has 0 heterocycles. The van der Waals surface area contributed by atoms with Gasteiger partial charge in [-0.3, -0.25) is 9.59 Å². The van der Waals surface area contributed by atoms with Crippen molar-refractivity contribution < 1.29 is 39.2 Å². The van der Waals surface area contributed by atoms with Crippen molar-refractivity contribution in [2.24, 2.45) is 51.8 Å². The summed E-state index contributed by atoms with van der Waals surface area (Å²) in [7, 11) is 0. The lowest BCUT2D eigenvalue weighted by Gasteiger charge is -2.70. The second-order valence-electron chi connectivity index (χ2n) is 16.9. The number of carboxylic acid groups (broad SMARTS) is 1. The maximum absolute atomic E-state index is 13.8. The Kier molecular flexibility index (Phi) is 10.1. The maximum Gasteiger partial charge on any atom is 0.331 e. The molecule has 0 aromatic heterocycles. The monoisotopic (exact) mass is 644 g/mol. The third kappa shape index (κ3) is 5.75. The average Bonchev–Trinajstić information content (AvgIpc) is 3.27. The van der Waals surface area contributed by atoms with Crippen molar-refractivity contribution >= 4 is 17.9 Å². The number of aliphatic hydroxyl groups is 2. The number of esters is 2. The standard InChI is InChI=1S/C38H60O8/c1-21(2)12-11-15-25(34(42)43)30-26-16-17-29-36(5)19-18-27(40)22(3)31(36)32(46-35(44)24-13-9-8-10-14-24)33(41)38(29,7)37(26,6)20-28(30)45-23(4)39/h21-22,24,26-29,31-33,40-41H,8-20H2,1-7H3,(H,42,43)/b30-25-. The van der Waals surface area contributed by atoms with Crippen LogP contribution in [0, 0.1) is 51.8 Å². The first-order chi connectivity index (χ1) is 21.6. The lowest BCUT2D eigenvalue weighted by atomic mass is 9.35. The van der Waals surface area contributed by atoms with E-state index in [2.05, 4.69) is 34.6 Å². The van der Waals surface area contributed by atoms with Crippen LogP contribution in [0.3, 0.4) is 0 Å². The fourth-order valence-corrected chi connectivity index (χ4v) is 11.7. The molecule has 0 aromatic carbocycles. The zero-order chi connectivity index (χ0) is 33.8. The Bertz CT molecular complexity index is 1200. The molecule has 0 radical (unpaired) electrons. The first-order valence-corrected chi connectivity index (χ1v) is 18.3. The van der Waals surface area contributed by atoms with Gasteiger partial charge in [0.1, 0.15) is 12.2 Å². The van der Waals surface area contributed by atoms with Crippen molar-refractivity contribution in [1.82, 2.24) is 0 Å². The highest BCUT2D eigenvalue weighted by Gasteiger charge is 2.74. The third-order valence-corrected chi connectivity index (χ3v) is 14.1. The van der Waals surface area contributed by atoms with Gasteiger partial charge in [-0.2, -0.15) is 0 Å². The molecule has 5 saturated carbocycles. The van der Waals surface area contributed by atoms with Crippen LogP contribution in [0.1, 0.15) is 132 Å². The molecule has 0 aliphatic heterocycles. The van der Waals surface area contributed by atoms with Crippen molar-refractivity contribution in [3.8, 4) is 0 Å². The topological polar surface area (TPSA) is 130 Å². The van der Waals surface area contributed by atoms with E-state index in [9.17, 15) is 29.7 Å². The Hall–Kier alpha value is -1.93. The Balaban J connectivity index is 1.61. The smallest absolute Gasteiger partial charge is 0.331 e. The van der Waals surface area contributed by atoms with E-state index in [1.54, 1.807) is 0 Å². The molecule has 5 rings (SSSR count). The highest BCUT2D eigenvalue weighted by atomic mass is 16.6. The molecular weight excluding hydrogens is 584 g/mol. The van der Waals surface area contributed by atoms with Crippen LogP contribution in [-0.2, 0) is 23.9 Å². The Labute approximate surface area is 276 Å². The maximum atomic E-state index is 13.8. The minimum Gasteiger partial charge on any atom is -0.478 e. The van der Waals surface area contributed by atoms with Gasteiger partial charge in [0, 0.05) is 23.8 Å². The van der Waals surface area contributed by atoms with E-state index in [0.717, 1.165) is 69.8 Å². The Morgan fingerprint density at radius 2 is 1.63 bits per heavy atom. The quantitative estimate of drug-likeness (QED) is 0.193. The number of hydrogen-bond donors (Lipinski definition) is 3. The van der Waals surface area contributed by atoms with Crippen LogP contribution in [0.25, 0.3) is 0 Å². The number of aliphatic carboxylic acids is 1. The van der Waals surface area contributed by atoms with Gasteiger partial charge in [0.05, 0.1) is 18.1 Å². The second-order valence-corrected chi connectivity index (χ2v) is 16.9. The van der Waals surface area contributed by atoms with Gasteiger partial charge in [-0.25, -0.2) is 4.79 Å². The highest BCUT2D eigenvalue weighted by molar-refractivity contribution is 5.88. The van der Waals surface area contributed by atoms with Crippen LogP contribution in [-0.4, -0.2) is 57.6 Å². The fourth-order valence-electron chi connectivity index (χ4n) is 11.7. The summed E-state index contributed by atoms with van der Waals surface area (Å²) in [6, 6.07) is 0. The van der Waals surface area contributed by atoms with Gasteiger partial charge in [0.25, 0.3) is 0 Å². The highest BCUT2D eigenvalue weighted by Crippen LogP contribution is 2.74. The predicted octanol–water partition coefficient (Wildman–Crippen LogP) is 6.85. The summed E-state index contributed by atoms with van der Waals surface area (Å²) < 4.78 is 12.5. The number of rotatable bonds is 8. The molecule has 11 atom stereocenters. The zero-order valence-corrected chi connectivity index (χ0v) is 29.3. The molecule has 0 bridgehead atoms. The molecule has 0 saturated heterocycles. The molecule has 0 amide bonds. The average molecular weight is 645 g/mol. The molecule has 260 valence electrons. The van der Waals surface area contributed by atoms with Crippen LogP contribution in [0.5, 0.6) is 0 Å². The van der Waals surface area contributed by atoms with Crippen molar-refractivity contribution in [2.45, 2.75) is 156 Å². The largest absolute Gasteiger partial charge is 0.478 e. The Morgan fingerprint density at radius 1 is 0.957 bits per heavy atom. The van der Waals surface area contributed by atoms with Crippen LogP contribution >= 0.6 is 0 Å². The number of aliphatic hydroxyl groups excluding tert-OH is 2. The van der Waals surface area contributed by atoms with Crippen LogP contribution < -0.4 is 0 Å². The van der Waals surface area contributed by atoms with Gasteiger partial charge >= 0.3 is 17.9 Å². The molecule has 0 aromatic rings. The lowest BCUT2D eigenvalue weighted by molar-refractivity contribution is -0.289. The summed E-state index contributed by atoms with van der Waals surface area (Å²) in [5.41, 5.74) is -0.619. The van der Waals surface area contributed by atoms with Crippen LogP contribution in [0.2, 0.25) is 0 Å². The fraction of sp³-hybridized carbons (Fsp3) is 0.868. The van der Waals surface area contributed by atoms with E-state index in [1.807, 2.05) is 6.92 Å². The Morgan fingerprint density at radius 3 is 2.24 bits per heavy atom. The van der Waals surface area contributed by atoms with Gasteiger partial charge in [0.2, 0.25) is 0 Å². The number of ether oxygens (including phenoxy) is 2. The predicted molar refractivity (Wildman–Crippen MR) is 174 cm³/mol.